The standard InChI is InChI=1S/C25H33N3O5/c29-23-21(24(30)26-14-19-10-6-12-32-19)16-28(15-20-11-7-13-33-20)17-22(23)25(31)27-18-8-4-2-1-3-5-9-18/h6,10,12,16-18,20H,1-5,7-9,11,13-15H2,(H,26,30)(H,27,31)/t20-/m1/s1. The summed E-state index contributed by atoms with van der Waals surface area (Å²) in [6, 6.07) is 3.53. The molecule has 0 radical (unpaired) electrons. The molecule has 2 N–H and O–H groups in total. The molecule has 1 aliphatic carbocycles. The molecule has 8 nitrogen and oxygen atoms in total. The number of amides is 2. The summed E-state index contributed by atoms with van der Waals surface area (Å²) in [7, 11) is 0. The van der Waals surface area contributed by atoms with Crippen molar-refractivity contribution >= 4 is 11.8 Å². The summed E-state index contributed by atoms with van der Waals surface area (Å²) in [5, 5.41) is 5.77. The highest BCUT2D eigenvalue weighted by Crippen LogP contribution is 2.18. The Bertz CT molecular complexity index is 984. The summed E-state index contributed by atoms with van der Waals surface area (Å²) in [6.45, 7) is 1.36. The van der Waals surface area contributed by atoms with Gasteiger partial charge >= 0.3 is 0 Å². The van der Waals surface area contributed by atoms with Crippen LogP contribution in [0.3, 0.4) is 0 Å². The number of carbonyl (C=O) groups is 2. The number of hydrogen-bond donors (Lipinski definition) is 2. The van der Waals surface area contributed by atoms with E-state index >= 15 is 0 Å². The van der Waals surface area contributed by atoms with Crippen LogP contribution in [0.5, 0.6) is 0 Å². The predicted octanol–water partition coefficient (Wildman–Crippen LogP) is 3.39. The fourth-order valence-corrected chi connectivity index (χ4v) is 4.62. The first-order valence-electron chi connectivity index (χ1n) is 12.1. The maximum Gasteiger partial charge on any atom is 0.257 e. The van der Waals surface area contributed by atoms with Gasteiger partial charge in [0.05, 0.1) is 18.9 Å². The minimum atomic E-state index is -0.557. The molecule has 2 amide bonds. The molecule has 0 unspecified atom stereocenters. The Hall–Kier alpha value is -2.87. The van der Waals surface area contributed by atoms with Crippen LogP contribution in [0, 0.1) is 0 Å². The minimum absolute atomic E-state index is 0.000653. The molecule has 178 valence electrons. The number of aromatic nitrogens is 1. The van der Waals surface area contributed by atoms with Gasteiger partial charge in [-0.3, -0.25) is 14.4 Å². The number of furan rings is 1. The topological polar surface area (TPSA) is 103 Å². The van der Waals surface area contributed by atoms with E-state index in [2.05, 4.69) is 10.6 Å². The molecule has 1 saturated carbocycles. The van der Waals surface area contributed by atoms with Gasteiger partial charge in [-0.1, -0.05) is 32.1 Å². The van der Waals surface area contributed by atoms with Crippen LogP contribution in [0.2, 0.25) is 0 Å². The molecule has 2 aromatic rings. The van der Waals surface area contributed by atoms with Crippen LogP contribution in [0.4, 0.5) is 0 Å². The Morgan fingerprint density at radius 2 is 1.70 bits per heavy atom. The summed E-state index contributed by atoms with van der Waals surface area (Å²) in [4.78, 5) is 39.2. The third kappa shape index (κ3) is 6.35. The maximum atomic E-state index is 13.2. The molecular formula is C25H33N3O5. The Labute approximate surface area is 193 Å². The predicted molar refractivity (Wildman–Crippen MR) is 123 cm³/mol. The van der Waals surface area contributed by atoms with Gasteiger partial charge in [-0.2, -0.15) is 0 Å². The van der Waals surface area contributed by atoms with Gasteiger partial charge in [-0.05, 0) is 37.8 Å². The molecule has 2 aliphatic rings. The second-order valence-corrected chi connectivity index (χ2v) is 9.02. The zero-order valence-electron chi connectivity index (χ0n) is 19.0. The second-order valence-electron chi connectivity index (χ2n) is 9.02. The molecule has 8 heteroatoms. The van der Waals surface area contributed by atoms with Crippen molar-refractivity contribution in [1.82, 2.24) is 15.2 Å². The van der Waals surface area contributed by atoms with E-state index in [9.17, 15) is 14.4 Å². The maximum absolute atomic E-state index is 13.2. The van der Waals surface area contributed by atoms with Crippen LogP contribution in [0.25, 0.3) is 0 Å². The summed E-state index contributed by atoms with van der Waals surface area (Å²) >= 11 is 0. The first-order valence-corrected chi connectivity index (χ1v) is 12.1. The van der Waals surface area contributed by atoms with Crippen molar-refractivity contribution < 1.29 is 18.7 Å². The number of rotatable bonds is 7. The molecule has 3 heterocycles. The Balaban J connectivity index is 1.55. The average molecular weight is 456 g/mol. The van der Waals surface area contributed by atoms with Crippen LogP contribution < -0.4 is 16.1 Å². The SMILES string of the molecule is O=C(NCc1ccco1)c1cn(C[C@H]2CCCO2)cc(C(=O)NC2CCCCCCC2)c1=O. The van der Waals surface area contributed by atoms with Crippen molar-refractivity contribution in [1.29, 1.82) is 0 Å². The van der Waals surface area contributed by atoms with Crippen molar-refractivity contribution in [3.8, 4) is 0 Å². The molecule has 0 spiro atoms. The third-order valence-electron chi connectivity index (χ3n) is 6.45. The fraction of sp³-hybridized carbons (Fsp3) is 0.560. The van der Waals surface area contributed by atoms with E-state index in [1.54, 1.807) is 22.9 Å². The fourth-order valence-electron chi connectivity index (χ4n) is 4.62. The highest BCUT2D eigenvalue weighted by molar-refractivity contribution is 5.99. The van der Waals surface area contributed by atoms with Crippen LogP contribution in [-0.2, 0) is 17.8 Å². The van der Waals surface area contributed by atoms with Crippen molar-refractivity contribution in [2.75, 3.05) is 6.61 Å². The highest BCUT2D eigenvalue weighted by atomic mass is 16.5. The first-order chi connectivity index (χ1) is 16.1. The number of ether oxygens (including phenoxy) is 1. The van der Waals surface area contributed by atoms with Gasteiger partial charge in [0, 0.05) is 31.6 Å². The van der Waals surface area contributed by atoms with Gasteiger partial charge in [-0.25, -0.2) is 0 Å². The van der Waals surface area contributed by atoms with E-state index < -0.39 is 17.2 Å². The van der Waals surface area contributed by atoms with Gasteiger partial charge in [0.1, 0.15) is 16.9 Å². The molecule has 33 heavy (non-hydrogen) atoms. The van der Waals surface area contributed by atoms with Crippen molar-refractivity contribution in [2.45, 2.75) is 83.0 Å². The largest absolute Gasteiger partial charge is 0.467 e. The molecule has 1 aliphatic heterocycles. The summed E-state index contributed by atoms with van der Waals surface area (Å²) < 4.78 is 12.7. The zero-order valence-corrected chi connectivity index (χ0v) is 19.0. The number of pyridine rings is 1. The molecule has 1 saturated heterocycles. The quantitative estimate of drug-likeness (QED) is 0.666. The normalized spacial score (nSPS) is 19.6. The van der Waals surface area contributed by atoms with E-state index in [1.807, 2.05) is 0 Å². The molecule has 2 aromatic heterocycles. The number of nitrogens with zero attached hydrogens (tertiary/aromatic N) is 1. The lowest BCUT2D eigenvalue weighted by Gasteiger charge is -2.21. The van der Waals surface area contributed by atoms with Gasteiger partial charge in [0.15, 0.2) is 0 Å². The number of nitrogens with one attached hydrogen (secondary N) is 2. The Kier molecular flexibility index (Phi) is 7.99. The highest BCUT2D eigenvalue weighted by Gasteiger charge is 2.23. The molecule has 4 rings (SSSR count). The van der Waals surface area contributed by atoms with Crippen LogP contribution >= 0.6 is 0 Å². The molecule has 1 atom stereocenters. The average Bonchev–Trinajstić information content (AvgIpc) is 3.49. The van der Waals surface area contributed by atoms with Crippen LogP contribution in [0.1, 0.15) is 84.3 Å². The monoisotopic (exact) mass is 455 g/mol. The Morgan fingerprint density at radius 1 is 0.970 bits per heavy atom. The van der Waals surface area contributed by atoms with Gasteiger partial charge in [-0.15, -0.1) is 0 Å². The van der Waals surface area contributed by atoms with Crippen molar-refractivity contribution in [3.05, 3.63) is 57.9 Å². The van der Waals surface area contributed by atoms with E-state index in [-0.39, 0.29) is 29.8 Å². The first kappa shape index (κ1) is 23.3. The summed E-state index contributed by atoms with van der Waals surface area (Å²) in [5.74, 6) is -0.355. The number of carbonyl (C=O) groups excluding carboxylic acids is 2. The van der Waals surface area contributed by atoms with Gasteiger partial charge in [0.25, 0.3) is 11.8 Å². The van der Waals surface area contributed by atoms with Crippen LogP contribution in [-0.4, -0.2) is 35.1 Å². The van der Waals surface area contributed by atoms with Crippen LogP contribution in [0.15, 0.2) is 40.0 Å². The lowest BCUT2D eigenvalue weighted by Crippen LogP contribution is -2.40. The second kappa shape index (κ2) is 11.3. The minimum Gasteiger partial charge on any atom is -0.467 e. The van der Waals surface area contributed by atoms with Crippen molar-refractivity contribution in [2.24, 2.45) is 0 Å². The van der Waals surface area contributed by atoms with E-state index in [0.717, 1.165) is 38.5 Å². The third-order valence-corrected chi connectivity index (χ3v) is 6.45. The van der Waals surface area contributed by atoms with Gasteiger partial charge < -0.3 is 24.4 Å². The van der Waals surface area contributed by atoms with E-state index in [1.165, 1.54) is 31.7 Å². The van der Waals surface area contributed by atoms with Gasteiger partial charge in [0.2, 0.25) is 5.43 Å². The number of hydrogen-bond acceptors (Lipinski definition) is 5. The zero-order chi connectivity index (χ0) is 23.0. The lowest BCUT2D eigenvalue weighted by molar-refractivity contribution is 0.0913. The van der Waals surface area contributed by atoms with E-state index in [4.69, 9.17) is 9.15 Å². The van der Waals surface area contributed by atoms with Crippen molar-refractivity contribution in [3.63, 3.8) is 0 Å². The lowest BCUT2D eigenvalue weighted by atomic mass is 9.96. The van der Waals surface area contributed by atoms with E-state index in [0.29, 0.717) is 18.9 Å². The molecule has 0 bridgehead atoms. The summed E-state index contributed by atoms with van der Waals surface area (Å²) in [6.07, 6.45) is 14.1. The Morgan fingerprint density at radius 3 is 2.36 bits per heavy atom. The summed E-state index contributed by atoms with van der Waals surface area (Å²) in [5.41, 5.74) is -0.607. The molecule has 2 fully saturated rings. The molecule has 0 aromatic carbocycles. The smallest absolute Gasteiger partial charge is 0.257 e. The molecular weight excluding hydrogens is 422 g/mol.